The van der Waals surface area contributed by atoms with Gasteiger partial charge in [0.25, 0.3) is 0 Å². The summed E-state index contributed by atoms with van der Waals surface area (Å²) < 4.78 is 9.45. The fourth-order valence-electron chi connectivity index (χ4n) is 1.31. The van der Waals surface area contributed by atoms with Crippen molar-refractivity contribution in [2.24, 2.45) is 0 Å². The van der Waals surface area contributed by atoms with Gasteiger partial charge in [0.15, 0.2) is 5.82 Å². The van der Waals surface area contributed by atoms with Crippen molar-refractivity contribution in [2.75, 3.05) is 13.7 Å². The van der Waals surface area contributed by atoms with Crippen LogP contribution in [-0.2, 0) is 20.7 Å². The van der Waals surface area contributed by atoms with Gasteiger partial charge < -0.3 is 14.6 Å². The Bertz CT molecular complexity index is 480. The number of amides is 1. The molecule has 7 heteroatoms. The SMILES string of the molecule is COC(=O)/C=C/CNC(=O)CCc1nc(C(C)C)no1. The molecule has 0 aliphatic rings. The molecule has 0 saturated carbocycles. The van der Waals surface area contributed by atoms with Crippen LogP contribution in [0.25, 0.3) is 0 Å². The zero-order chi connectivity index (χ0) is 15.0. The quantitative estimate of drug-likeness (QED) is 0.591. The van der Waals surface area contributed by atoms with Crippen molar-refractivity contribution in [3.8, 4) is 0 Å². The summed E-state index contributed by atoms with van der Waals surface area (Å²) in [5.41, 5.74) is 0. The molecule has 1 heterocycles. The van der Waals surface area contributed by atoms with Crippen LogP contribution in [0.1, 0.15) is 37.9 Å². The molecule has 1 aromatic heterocycles. The average Bonchev–Trinajstić information content (AvgIpc) is 2.90. The van der Waals surface area contributed by atoms with E-state index in [2.05, 4.69) is 20.2 Å². The third-order valence-electron chi connectivity index (χ3n) is 2.44. The van der Waals surface area contributed by atoms with E-state index in [1.54, 1.807) is 0 Å². The van der Waals surface area contributed by atoms with Gasteiger partial charge in [0.2, 0.25) is 11.8 Å². The molecule has 0 bridgehead atoms. The summed E-state index contributed by atoms with van der Waals surface area (Å²) in [4.78, 5) is 26.5. The summed E-state index contributed by atoms with van der Waals surface area (Å²) >= 11 is 0. The second-order valence-electron chi connectivity index (χ2n) is 4.43. The average molecular weight is 281 g/mol. The van der Waals surface area contributed by atoms with Crippen LogP contribution in [0.3, 0.4) is 0 Å². The zero-order valence-electron chi connectivity index (χ0n) is 11.9. The lowest BCUT2D eigenvalue weighted by molar-refractivity contribution is -0.134. The molecule has 1 aromatic rings. The van der Waals surface area contributed by atoms with Crippen molar-refractivity contribution in [1.82, 2.24) is 15.5 Å². The smallest absolute Gasteiger partial charge is 0.330 e. The van der Waals surface area contributed by atoms with E-state index in [0.717, 1.165) is 0 Å². The summed E-state index contributed by atoms with van der Waals surface area (Å²) in [7, 11) is 1.29. The Morgan fingerprint density at radius 1 is 1.45 bits per heavy atom. The monoisotopic (exact) mass is 281 g/mol. The van der Waals surface area contributed by atoms with E-state index in [-0.39, 0.29) is 24.8 Å². The van der Waals surface area contributed by atoms with E-state index >= 15 is 0 Å². The van der Waals surface area contributed by atoms with Gasteiger partial charge >= 0.3 is 5.97 Å². The highest BCUT2D eigenvalue weighted by atomic mass is 16.5. The van der Waals surface area contributed by atoms with Crippen LogP contribution in [0.15, 0.2) is 16.7 Å². The van der Waals surface area contributed by atoms with Gasteiger partial charge in [-0.15, -0.1) is 0 Å². The number of methoxy groups -OCH3 is 1. The maximum Gasteiger partial charge on any atom is 0.330 e. The molecular formula is C13H19N3O4. The van der Waals surface area contributed by atoms with Crippen LogP contribution in [0.5, 0.6) is 0 Å². The van der Waals surface area contributed by atoms with E-state index in [0.29, 0.717) is 18.1 Å². The first kappa shape index (κ1) is 15.9. The van der Waals surface area contributed by atoms with Crippen molar-refractivity contribution >= 4 is 11.9 Å². The molecule has 0 aliphatic heterocycles. The molecule has 20 heavy (non-hydrogen) atoms. The molecule has 0 fully saturated rings. The second-order valence-corrected chi connectivity index (χ2v) is 4.43. The van der Waals surface area contributed by atoms with Gasteiger partial charge in [-0.3, -0.25) is 4.79 Å². The van der Waals surface area contributed by atoms with Crippen molar-refractivity contribution in [3.63, 3.8) is 0 Å². The highest BCUT2D eigenvalue weighted by Crippen LogP contribution is 2.10. The lowest BCUT2D eigenvalue weighted by Gasteiger charge is -1.99. The molecule has 0 atom stereocenters. The number of hydrogen-bond donors (Lipinski definition) is 1. The highest BCUT2D eigenvalue weighted by Gasteiger charge is 2.10. The third kappa shape index (κ3) is 5.64. The van der Waals surface area contributed by atoms with Gasteiger partial charge in [0, 0.05) is 31.4 Å². The van der Waals surface area contributed by atoms with Gasteiger partial charge in [-0.25, -0.2) is 4.79 Å². The summed E-state index contributed by atoms with van der Waals surface area (Å²) in [6.07, 6.45) is 3.43. The third-order valence-corrected chi connectivity index (χ3v) is 2.44. The molecule has 0 spiro atoms. The first-order chi connectivity index (χ1) is 9.52. The van der Waals surface area contributed by atoms with Crippen molar-refractivity contribution in [1.29, 1.82) is 0 Å². The number of aromatic nitrogens is 2. The van der Waals surface area contributed by atoms with Gasteiger partial charge in [0.1, 0.15) is 0 Å². The summed E-state index contributed by atoms with van der Waals surface area (Å²) in [6.45, 7) is 4.21. The van der Waals surface area contributed by atoms with Gasteiger partial charge in [-0.2, -0.15) is 4.98 Å². The van der Waals surface area contributed by atoms with E-state index in [9.17, 15) is 9.59 Å². The highest BCUT2D eigenvalue weighted by molar-refractivity contribution is 5.82. The molecule has 0 aliphatic carbocycles. The lowest BCUT2D eigenvalue weighted by Crippen LogP contribution is -2.23. The fraction of sp³-hybridized carbons (Fsp3) is 0.538. The number of nitrogens with zero attached hydrogens (tertiary/aromatic N) is 2. The van der Waals surface area contributed by atoms with Crippen molar-refractivity contribution in [2.45, 2.75) is 32.6 Å². The van der Waals surface area contributed by atoms with Crippen LogP contribution in [-0.4, -0.2) is 35.7 Å². The van der Waals surface area contributed by atoms with E-state index in [4.69, 9.17) is 4.52 Å². The predicted molar refractivity (Wildman–Crippen MR) is 70.9 cm³/mol. The maximum absolute atomic E-state index is 11.5. The Labute approximate surface area is 117 Å². The molecule has 0 radical (unpaired) electrons. The number of aryl methyl sites for hydroxylation is 1. The lowest BCUT2D eigenvalue weighted by atomic mass is 10.2. The molecule has 7 nitrogen and oxygen atoms in total. The molecular weight excluding hydrogens is 262 g/mol. The van der Waals surface area contributed by atoms with Gasteiger partial charge in [0.05, 0.1) is 7.11 Å². The first-order valence-electron chi connectivity index (χ1n) is 6.36. The minimum absolute atomic E-state index is 0.149. The predicted octanol–water partition coefficient (Wildman–Crippen LogP) is 0.971. The molecule has 1 amide bonds. The second kappa shape index (κ2) is 8.08. The Hall–Kier alpha value is -2.18. The topological polar surface area (TPSA) is 94.3 Å². The van der Waals surface area contributed by atoms with E-state index < -0.39 is 5.97 Å². The Morgan fingerprint density at radius 2 is 2.20 bits per heavy atom. The Balaban J connectivity index is 2.25. The maximum atomic E-state index is 11.5. The minimum atomic E-state index is -0.452. The molecule has 110 valence electrons. The number of esters is 1. The number of hydrogen-bond acceptors (Lipinski definition) is 6. The number of carbonyl (C=O) groups is 2. The summed E-state index contributed by atoms with van der Waals surface area (Å²) in [5, 5.41) is 6.46. The molecule has 1 N–H and O–H groups in total. The number of carbonyl (C=O) groups excluding carboxylic acids is 2. The minimum Gasteiger partial charge on any atom is -0.466 e. The van der Waals surface area contributed by atoms with E-state index in [1.165, 1.54) is 19.3 Å². The summed E-state index contributed by atoms with van der Waals surface area (Å²) in [5.74, 6) is 0.690. The van der Waals surface area contributed by atoms with Crippen LogP contribution in [0, 0.1) is 0 Å². The van der Waals surface area contributed by atoms with Crippen LogP contribution in [0.4, 0.5) is 0 Å². The van der Waals surface area contributed by atoms with Crippen LogP contribution >= 0.6 is 0 Å². The molecule has 0 aromatic carbocycles. The molecule has 0 saturated heterocycles. The number of nitrogens with one attached hydrogen (secondary N) is 1. The Morgan fingerprint density at radius 3 is 2.80 bits per heavy atom. The molecule has 0 unspecified atom stereocenters. The van der Waals surface area contributed by atoms with E-state index in [1.807, 2.05) is 13.8 Å². The standard InChI is InChI=1S/C13H19N3O4/c1-9(2)13-15-11(20-16-13)7-6-10(17)14-8-4-5-12(18)19-3/h4-5,9H,6-8H2,1-3H3,(H,14,17)/b5-4+. The first-order valence-corrected chi connectivity index (χ1v) is 6.36. The van der Waals surface area contributed by atoms with Crippen molar-refractivity contribution in [3.05, 3.63) is 23.9 Å². The fourth-order valence-corrected chi connectivity index (χ4v) is 1.31. The van der Waals surface area contributed by atoms with Crippen molar-refractivity contribution < 1.29 is 18.8 Å². The van der Waals surface area contributed by atoms with Crippen LogP contribution in [0.2, 0.25) is 0 Å². The normalized spacial score (nSPS) is 11.0. The summed E-state index contributed by atoms with van der Waals surface area (Å²) in [6, 6.07) is 0. The molecule has 1 rings (SSSR count). The number of ether oxygens (including phenoxy) is 1. The van der Waals surface area contributed by atoms with Gasteiger partial charge in [-0.1, -0.05) is 25.1 Å². The van der Waals surface area contributed by atoms with Gasteiger partial charge in [-0.05, 0) is 0 Å². The van der Waals surface area contributed by atoms with Crippen LogP contribution < -0.4 is 5.32 Å². The zero-order valence-corrected chi connectivity index (χ0v) is 11.9. The Kier molecular flexibility index (Phi) is 6.42. The largest absolute Gasteiger partial charge is 0.466 e. The number of rotatable bonds is 7.